The second-order valence-electron chi connectivity index (χ2n) is 12.3. The monoisotopic (exact) mass is 424 g/mol. The SMILES string of the molecule is CC(C)(C)CC(C(=O)OC(C)(C)C(=O)O[C@@]1(C)CCC2CC1(C)OC2=O)C(C)(C)C. The van der Waals surface area contributed by atoms with Crippen molar-refractivity contribution in [1.29, 1.82) is 0 Å². The van der Waals surface area contributed by atoms with E-state index < -0.39 is 28.7 Å². The van der Waals surface area contributed by atoms with E-state index in [0.29, 0.717) is 25.7 Å². The molecule has 172 valence electrons. The first-order valence-electron chi connectivity index (χ1n) is 11.0. The molecule has 0 aromatic rings. The Hall–Kier alpha value is -1.59. The average Bonchev–Trinajstić information content (AvgIpc) is 2.79. The van der Waals surface area contributed by atoms with Crippen molar-refractivity contribution in [3.8, 4) is 0 Å². The second kappa shape index (κ2) is 7.52. The Morgan fingerprint density at radius 3 is 2.17 bits per heavy atom. The van der Waals surface area contributed by atoms with Crippen LogP contribution in [-0.4, -0.2) is 34.7 Å². The zero-order chi connectivity index (χ0) is 23.3. The van der Waals surface area contributed by atoms with E-state index in [0.717, 1.165) is 0 Å². The molecular weight excluding hydrogens is 384 g/mol. The van der Waals surface area contributed by atoms with Gasteiger partial charge in [-0.05, 0) is 57.8 Å². The fraction of sp³-hybridized carbons (Fsp3) is 0.875. The molecule has 6 heteroatoms. The van der Waals surface area contributed by atoms with Crippen molar-refractivity contribution in [2.75, 3.05) is 0 Å². The van der Waals surface area contributed by atoms with Gasteiger partial charge in [0.2, 0.25) is 5.60 Å². The quantitative estimate of drug-likeness (QED) is 0.465. The van der Waals surface area contributed by atoms with Gasteiger partial charge in [0.15, 0.2) is 0 Å². The summed E-state index contributed by atoms with van der Waals surface area (Å²) in [5, 5.41) is 0. The van der Waals surface area contributed by atoms with Crippen molar-refractivity contribution in [2.45, 2.75) is 112 Å². The summed E-state index contributed by atoms with van der Waals surface area (Å²) in [4.78, 5) is 38.2. The van der Waals surface area contributed by atoms with Crippen LogP contribution in [0.4, 0.5) is 0 Å². The van der Waals surface area contributed by atoms with Crippen molar-refractivity contribution in [2.24, 2.45) is 22.7 Å². The largest absolute Gasteiger partial charge is 0.455 e. The summed E-state index contributed by atoms with van der Waals surface area (Å²) in [6.07, 6.45) is 2.33. The lowest BCUT2D eigenvalue weighted by atomic mass is 9.71. The van der Waals surface area contributed by atoms with Crippen molar-refractivity contribution in [3.63, 3.8) is 0 Å². The molecule has 2 fully saturated rings. The molecule has 2 bridgehead atoms. The van der Waals surface area contributed by atoms with Crippen LogP contribution in [0.1, 0.15) is 94.9 Å². The molecule has 1 saturated heterocycles. The van der Waals surface area contributed by atoms with Gasteiger partial charge < -0.3 is 14.2 Å². The molecule has 0 radical (unpaired) electrons. The Kier molecular flexibility index (Phi) is 6.19. The van der Waals surface area contributed by atoms with Crippen LogP contribution in [-0.2, 0) is 28.6 Å². The molecule has 3 unspecified atom stereocenters. The maximum Gasteiger partial charge on any atom is 0.350 e. The molecule has 1 saturated carbocycles. The molecule has 0 aromatic heterocycles. The molecule has 1 heterocycles. The van der Waals surface area contributed by atoms with Gasteiger partial charge in [-0.15, -0.1) is 0 Å². The number of carbonyl (C=O) groups excluding carboxylic acids is 3. The van der Waals surface area contributed by atoms with Crippen molar-refractivity contribution >= 4 is 17.9 Å². The van der Waals surface area contributed by atoms with E-state index in [1.807, 2.05) is 27.7 Å². The van der Waals surface area contributed by atoms with E-state index in [1.54, 1.807) is 20.8 Å². The molecule has 2 rings (SSSR count). The fourth-order valence-electron chi connectivity index (χ4n) is 4.36. The molecule has 1 aliphatic heterocycles. The number of hydrogen-bond donors (Lipinski definition) is 0. The Morgan fingerprint density at radius 2 is 1.67 bits per heavy atom. The third kappa shape index (κ3) is 5.00. The minimum atomic E-state index is -1.45. The number of ether oxygens (including phenoxy) is 3. The molecule has 0 spiro atoms. The third-order valence-corrected chi connectivity index (χ3v) is 6.70. The first-order valence-corrected chi connectivity index (χ1v) is 11.0. The van der Waals surface area contributed by atoms with E-state index >= 15 is 0 Å². The number of rotatable bonds is 5. The minimum absolute atomic E-state index is 0.0608. The third-order valence-electron chi connectivity index (χ3n) is 6.70. The lowest BCUT2D eigenvalue weighted by Gasteiger charge is -2.45. The summed E-state index contributed by atoms with van der Waals surface area (Å²) in [7, 11) is 0. The normalized spacial score (nSPS) is 30.5. The molecule has 6 nitrogen and oxygen atoms in total. The van der Waals surface area contributed by atoms with Gasteiger partial charge in [0, 0.05) is 6.42 Å². The number of fused-ring (bicyclic) bond motifs is 2. The van der Waals surface area contributed by atoms with Crippen LogP contribution in [0.15, 0.2) is 0 Å². The lowest BCUT2D eigenvalue weighted by Crippen LogP contribution is -2.57. The Bertz CT molecular complexity index is 710. The van der Waals surface area contributed by atoms with Gasteiger partial charge in [0.05, 0.1) is 11.8 Å². The summed E-state index contributed by atoms with van der Waals surface area (Å²) < 4.78 is 17.2. The van der Waals surface area contributed by atoms with E-state index in [4.69, 9.17) is 14.2 Å². The molecule has 4 atom stereocenters. The van der Waals surface area contributed by atoms with Gasteiger partial charge in [-0.1, -0.05) is 41.5 Å². The van der Waals surface area contributed by atoms with E-state index in [9.17, 15) is 14.4 Å². The van der Waals surface area contributed by atoms with Gasteiger partial charge in [0.25, 0.3) is 0 Å². The van der Waals surface area contributed by atoms with Gasteiger partial charge in [-0.25, -0.2) is 4.79 Å². The van der Waals surface area contributed by atoms with Crippen LogP contribution in [0.25, 0.3) is 0 Å². The maximum atomic E-state index is 13.1. The smallest absolute Gasteiger partial charge is 0.350 e. The predicted molar refractivity (Wildman–Crippen MR) is 114 cm³/mol. The van der Waals surface area contributed by atoms with Crippen LogP contribution < -0.4 is 0 Å². The predicted octanol–water partition coefficient (Wildman–Crippen LogP) is 4.82. The van der Waals surface area contributed by atoms with Crippen LogP contribution >= 0.6 is 0 Å². The second-order valence-corrected chi connectivity index (χ2v) is 12.3. The van der Waals surface area contributed by atoms with Gasteiger partial charge in [0.1, 0.15) is 11.2 Å². The Labute approximate surface area is 181 Å². The van der Waals surface area contributed by atoms with Crippen LogP contribution in [0, 0.1) is 22.7 Å². The highest BCUT2D eigenvalue weighted by Crippen LogP contribution is 2.50. The fourth-order valence-corrected chi connectivity index (χ4v) is 4.36. The highest BCUT2D eigenvalue weighted by molar-refractivity contribution is 5.84. The van der Waals surface area contributed by atoms with E-state index in [-0.39, 0.29) is 28.6 Å². The van der Waals surface area contributed by atoms with E-state index in [2.05, 4.69) is 20.8 Å². The summed E-state index contributed by atoms with van der Waals surface area (Å²) in [6, 6.07) is 0. The zero-order valence-electron chi connectivity index (χ0n) is 20.4. The van der Waals surface area contributed by atoms with Crippen LogP contribution in [0.2, 0.25) is 0 Å². The highest BCUT2D eigenvalue weighted by atomic mass is 16.6. The van der Waals surface area contributed by atoms with Crippen molar-refractivity contribution in [3.05, 3.63) is 0 Å². The summed E-state index contributed by atoms with van der Waals surface area (Å²) >= 11 is 0. The minimum Gasteiger partial charge on any atom is -0.455 e. The summed E-state index contributed by atoms with van der Waals surface area (Å²) in [5.41, 5.74) is -3.62. The number of carbonyl (C=O) groups is 3. The van der Waals surface area contributed by atoms with Crippen molar-refractivity contribution < 1.29 is 28.6 Å². The number of esters is 3. The summed E-state index contributed by atoms with van der Waals surface area (Å²) in [5.74, 6) is -1.73. The first kappa shape index (κ1) is 24.7. The Morgan fingerprint density at radius 1 is 1.10 bits per heavy atom. The van der Waals surface area contributed by atoms with Crippen LogP contribution in [0.5, 0.6) is 0 Å². The lowest BCUT2D eigenvalue weighted by molar-refractivity contribution is -0.215. The van der Waals surface area contributed by atoms with Gasteiger partial charge >= 0.3 is 17.9 Å². The van der Waals surface area contributed by atoms with Crippen LogP contribution in [0.3, 0.4) is 0 Å². The molecular formula is C24H40O6. The zero-order valence-corrected chi connectivity index (χ0v) is 20.4. The molecule has 1 aliphatic carbocycles. The molecule has 30 heavy (non-hydrogen) atoms. The number of hydrogen-bond acceptors (Lipinski definition) is 6. The molecule has 0 amide bonds. The van der Waals surface area contributed by atoms with E-state index in [1.165, 1.54) is 0 Å². The molecule has 0 N–H and O–H groups in total. The summed E-state index contributed by atoms with van der Waals surface area (Å²) in [6.45, 7) is 19.0. The standard InChI is InChI=1S/C24H40O6/c1-20(2,3)14-16(21(4,5)6)18(26)28-22(7,8)19(27)30-23(9)12-11-15-13-24(23,10)29-17(15)25/h15-16H,11-14H2,1-10H3/t15?,16?,23-,24?/m0/s1. The highest BCUT2D eigenvalue weighted by Gasteiger charge is 2.61. The first-order chi connectivity index (χ1) is 13.3. The Balaban J connectivity index is 2.15. The molecule has 0 aromatic carbocycles. The van der Waals surface area contributed by atoms with Gasteiger partial charge in [-0.2, -0.15) is 0 Å². The maximum absolute atomic E-state index is 13.1. The van der Waals surface area contributed by atoms with Gasteiger partial charge in [-0.3, -0.25) is 9.59 Å². The average molecular weight is 425 g/mol. The van der Waals surface area contributed by atoms with Crippen molar-refractivity contribution in [1.82, 2.24) is 0 Å². The molecule has 2 aliphatic rings. The topological polar surface area (TPSA) is 78.9 Å².